The van der Waals surface area contributed by atoms with Crippen molar-refractivity contribution in [1.29, 1.82) is 0 Å². The summed E-state index contributed by atoms with van der Waals surface area (Å²) >= 11 is 0. The van der Waals surface area contributed by atoms with Gasteiger partial charge in [0, 0.05) is 19.3 Å². The zero-order valence-electron chi connectivity index (χ0n) is 10.7. The Kier molecular flexibility index (Phi) is 3.66. The lowest BCUT2D eigenvalue weighted by Crippen LogP contribution is -2.45. The SMILES string of the molecule is CN(C(=O)C1(CN)CCCC1)c1cccc(F)c1. The van der Waals surface area contributed by atoms with Gasteiger partial charge in [0.25, 0.3) is 0 Å². The summed E-state index contributed by atoms with van der Waals surface area (Å²) in [4.78, 5) is 14.1. The fourth-order valence-corrected chi connectivity index (χ4v) is 2.71. The molecule has 0 atom stereocenters. The van der Waals surface area contributed by atoms with Crippen LogP contribution in [0.4, 0.5) is 10.1 Å². The zero-order chi connectivity index (χ0) is 13.2. The maximum absolute atomic E-state index is 13.2. The minimum Gasteiger partial charge on any atom is -0.329 e. The summed E-state index contributed by atoms with van der Waals surface area (Å²) in [5.74, 6) is -0.325. The summed E-state index contributed by atoms with van der Waals surface area (Å²) in [7, 11) is 1.69. The van der Waals surface area contributed by atoms with Crippen LogP contribution in [0.1, 0.15) is 25.7 Å². The van der Waals surface area contributed by atoms with Gasteiger partial charge in [0.15, 0.2) is 0 Å². The van der Waals surface area contributed by atoms with Crippen LogP contribution in [0.2, 0.25) is 0 Å². The first-order chi connectivity index (χ1) is 8.59. The molecule has 0 bridgehead atoms. The summed E-state index contributed by atoms with van der Waals surface area (Å²) < 4.78 is 13.2. The van der Waals surface area contributed by atoms with Crippen LogP contribution < -0.4 is 10.6 Å². The smallest absolute Gasteiger partial charge is 0.234 e. The van der Waals surface area contributed by atoms with Crippen molar-refractivity contribution in [3.05, 3.63) is 30.1 Å². The van der Waals surface area contributed by atoms with Crippen molar-refractivity contribution in [3.63, 3.8) is 0 Å². The van der Waals surface area contributed by atoms with Gasteiger partial charge in [0.05, 0.1) is 5.41 Å². The van der Waals surface area contributed by atoms with E-state index in [0.29, 0.717) is 12.2 Å². The Hall–Kier alpha value is -1.42. The maximum atomic E-state index is 13.2. The molecular formula is C14H19FN2O. The molecule has 4 heteroatoms. The predicted molar refractivity (Wildman–Crippen MR) is 69.8 cm³/mol. The third-order valence-corrected chi connectivity index (χ3v) is 3.91. The van der Waals surface area contributed by atoms with E-state index in [9.17, 15) is 9.18 Å². The zero-order valence-corrected chi connectivity index (χ0v) is 10.7. The van der Waals surface area contributed by atoms with Gasteiger partial charge in [-0.2, -0.15) is 0 Å². The molecule has 1 fully saturated rings. The summed E-state index contributed by atoms with van der Waals surface area (Å²) in [6, 6.07) is 6.09. The minimum absolute atomic E-state index is 0.00750. The lowest BCUT2D eigenvalue weighted by Gasteiger charge is -2.31. The van der Waals surface area contributed by atoms with Gasteiger partial charge >= 0.3 is 0 Å². The molecule has 0 unspecified atom stereocenters. The van der Waals surface area contributed by atoms with E-state index in [1.807, 2.05) is 0 Å². The van der Waals surface area contributed by atoms with E-state index in [2.05, 4.69) is 0 Å². The van der Waals surface area contributed by atoms with Crippen LogP contribution in [0.25, 0.3) is 0 Å². The molecule has 2 rings (SSSR count). The Morgan fingerprint density at radius 3 is 2.67 bits per heavy atom. The predicted octanol–water partition coefficient (Wildman–Crippen LogP) is 2.31. The number of carbonyl (C=O) groups excluding carboxylic acids is 1. The van der Waals surface area contributed by atoms with Gasteiger partial charge < -0.3 is 10.6 Å². The summed E-state index contributed by atoms with van der Waals surface area (Å²) in [6.45, 7) is 0.367. The molecule has 0 heterocycles. The van der Waals surface area contributed by atoms with Crippen LogP contribution in [0, 0.1) is 11.2 Å². The largest absolute Gasteiger partial charge is 0.329 e. The van der Waals surface area contributed by atoms with Gasteiger partial charge in [0.1, 0.15) is 5.82 Å². The van der Waals surface area contributed by atoms with Gasteiger partial charge in [-0.05, 0) is 31.0 Å². The van der Waals surface area contributed by atoms with Crippen LogP contribution >= 0.6 is 0 Å². The van der Waals surface area contributed by atoms with E-state index in [1.165, 1.54) is 17.0 Å². The first kappa shape index (κ1) is 13.0. The number of hydrogen-bond acceptors (Lipinski definition) is 2. The second-order valence-corrected chi connectivity index (χ2v) is 5.04. The molecule has 1 aromatic rings. The molecule has 1 saturated carbocycles. The van der Waals surface area contributed by atoms with Crippen LogP contribution in [0.5, 0.6) is 0 Å². The Balaban J connectivity index is 2.23. The number of rotatable bonds is 3. The Labute approximate surface area is 107 Å². The third kappa shape index (κ3) is 2.25. The molecule has 1 aliphatic rings. The van der Waals surface area contributed by atoms with Gasteiger partial charge in [-0.15, -0.1) is 0 Å². The molecule has 0 aliphatic heterocycles. The second kappa shape index (κ2) is 5.06. The standard InChI is InChI=1S/C14H19FN2O/c1-17(12-6-4-5-11(15)9-12)13(18)14(10-16)7-2-3-8-14/h4-6,9H,2-3,7-8,10,16H2,1H3. The highest BCUT2D eigenvalue weighted by molar-refractivity contribution is 5.97. The number of amides is 1. The van der Waals surface area contributed by atoms with E-state index in [4.69, 9.17) is 5.73 Å². The van der Waals surface area contributed by atoms with Crippen molar-refractivity contribution in [3.8, 4) is 0 Å². The maximum Gasteiger partial charge on any atom is 0.234 e. The highest BCUT2D eigenvalue weighted by Gasteiger charge is 2.41. The van der Waals surface area contributed by atoms with Gasteiger partial charge in [-0.1, -0.05) is 18.9 Å². The van der Waals surface area contributed by atoms with E-state index >= 15 is 0 Å². The topological polar surface area (TPSA) is 46.3 Å². The van der Waals surface area contributed by atoms with Crippen molar-refractivity contribution in [2.75, 3.05) is 18.5 Å². The Bertz CT molecular complexity index is 441. The van der Waals surface area contributed by atoms with E-state index in [-0.39, 0.29) is 11.7 Å². The van der Waals surface area contributed by atoms with Crippen molar-refractivity contribution < 1.29 is 9.18 Å². The lowest BCUT2D eigenvalue weighted by atomic mass is 9.84. The number of carbonyl (C=O) groups is 1. The first-order valence-electron chi connectivity index (χ1n) is 6.33. The lowest BCUT2D eigenvalue weighted by molar-refractivity contribution is -0.127. The van der Waals surface area contributed by atoms with Crippen LogP contribution in [-0.2, 0) is 4.79 Å². The molecule has 3 nitrogen and oxygen atoms in total. The normalized spacial score (nSPS) is 17.7. The number of anilines is 1. The number of halogens is 1. The molecule has 1 aromatic carbocycles. The van der Waals surface area contributed by atoms with Gasteiger partial charge in [-0.25, -0.2) is 4.39 Å². The number of hydrogen-bond donors (Lipinski definition) is 1. The summed E-state index contributed by atoms with van der Waals surface area (Å²) in [6.07, 6.45) is 3.75. The average Bonchev–Trinajstić information content (AvgIpc) is 2.87. The van der Waals surface area contributed by atoms with Crippen molar-refractivity contribution in [1.82, 2.24) is 0 Å². The molecule has 98 valence electrons. The van der Waals surface area contributed by atoms with Crippen molar-refractivity contribution >= 4 is 11.6 Å². The van der Waals surface area contributed by atoms with Gasteiger partial charge in [0.2, 0.25) is 5.91 Å². The van der Waals surface area contributed by atoms with E-state index in [0.717, 1.165) is 25.7 Å². The first-order valence-corrected chi connectivity index (χ1v) is 6.33. The van der Waals surface area contributed by atoms with Crippen molar-refractivity contribution in [2.45, 2.75) is 25.7 Å². The van der Waals surface area contributed by atoms with E-state index in [1.54, 1.807) is 19.2 Å². The molecule has 1 amide bonds. The Morgan fingerprint density at radius 2 is 2.11 bits per heavy atom. The fraction of sp³-hybridized carbons (Fsp3) is 0.500. The molecule has 18 heavy (non-hydrogen) atoms. The van der Waals surface area contributed by atoms with Crippen molar-refractivity contribution in [2.24, 2.45) is 11.1 Å². The number of nitrogens with zero attached hydrogens (tertiary/aromatic N) is 1. The highest BCUT2D eigenvalue weighted by atomic mass is 19.1. The number of benzene rings is 1. The molecule has 0 spiro atoms. The van der Waals surface area contributed by atoms with E-state index < -0.39 is 5.41 Å². The third-order valence-electron chi connectivity index (χ3n) is 3.91. The van der Waals surface area contributed by atoms with Crippen LogP contribution in [-0.4, -0.2) is 19.5 Å². The fourth-order valence-electron chi connectivity index (χ4n) is 2.71. The van der Waals surface area contributed by atoms with Gasteiger partial charge in [-0.3, -0.25) is 4.79 Å². The summed E-state index contributed by atoms with van der Waals surface area (Å²) in [5.41, 5.74) is 5.93. The highest BCUT2D eigenvalue weighted by Crippen LogP contribution is 2.39. The molecule has 1 aliphatic carbocycles. The monoisotopic (exact) mass is 250 g/mol. The van der Waals surface area contributed by atoms with Crippen LogP contribution in [0.15, 0.2) is 24.3 Å². The molecule has 0 saturated heterocycles. The molecule has 0 aromatic heterocycles. The molecular weight excluding hydrogens is 231 g/mol. The Morgan fingerprint density at radius 1 is 1.44 bits per heavy atom. The summed E-state index contributed by atoms with van der Waals surface area (Å²) in [5, 5.41) is 0. The molecule has 0 radical (unpaired) electrons. The molecule has 2 N–H and O–H groups in total. The number of nitrogens with two attached hydrogens (primary N) is 1. The second-order valence-electron chi connectivity index (χ2n) is 5.04. The quantitative estimate of drug-likeness (QED) is 0.894. The van der Waals surface area contributed by atoms with Crippen LogP contribution in [0.3, 0.4) is 0 Å². The minimum atomic E-state index is -0.443. The average molecular weight is 250 g/mol.